The average molecular weight is 249 g/mol. The average Bonchev–Trinajstić information content (AvgIpc) is 2.91. The van der Waals surface area contributed by atoms with Crippen molar-refractivity contribution in [3.8, 4) is 6.07 Å². The number of hydrogen-bond donors (Lipinski definition) is 0. The van der Waals surface area contributed by atoms with Crippen LogP contribution in [0.2, 0.25) is 0 Å². The van der Waals surface area contributed by atoms with Crippen LogP contribution < -0.4 is 0 Å². The van der Waals surface area contributed by atoms with Gasteiger partial charge in [0, 0.05) is 6.20 Å². The van der Waals surface area contributed by atoms with Gasteiger partial charge in [-0.15, -0.1) is 0 Å². The maximum Gasteiger partial charge on any atom is 0.148 e. The van der Waals surface area contributed by atoms with E-state index in [0.29, 0.717) is 0 Å². The van der Waals surface area contributed by atoms with E-state index in [1.54, 1.807) is 0 Å². The van der Waals surface area contributed by atoms with Gasteiger partial charge in [-0.05, 0) is 38.2 Å². The highest BCUT2D eigenvalue weighted by molar-refractivity contribution is 5.10. The van der Waals surface area contributed by atoms with Crippen molar-refractivity contribution in [2.45, 2.75) is 72.3 Å². The van der Waals surface area contributed by atoms with Crippen molar-refractivity contribution in [1.29, 1.82) is 5.26 Å². The van der Waals surface area contributed by atoms with Crippen LogP contribution in [-0.4, -0.2) is 9.78 Å². The quantitative estimate of drug-likeness (QED) is 0.739. The zero-order valence-electron chi connectivity index (χ0n) is 12.5. The Morgan fingerprint density at radius 3 is 2.11 bits per heavy atom. The molecule has 1 aromatic rings. The van der Waals surface area contributed by atoms with Crippen LogP contribution in [0.4, 0.5) is 0 Å². The molecule has 0 saturated heterocycles. The lowest BCUT2D eigenvalue weighted by Crippen LogP contribution is -2.34. The Balaban J connectivity index is 0.000000659. The summed E-state index contributed by atoms with van der Waals surface area (Å²) in [7, 11) is 0. The molecule has 0 radical (unpaired) electrons. The maximum absolute atomic E-state index is 9.29. The summed E-state index contributed by atoms with van der Waals surface area (Å²) in [6.45, 7) is 10.0. The maximum atomic E-state index is 9.29. The summed E-state index contributed by atoms with van der Waals surface area (Å²) < 4.78 is 1.86. The first-order chi connectivity index (χ1) is 8.77. The third-order valence-electron chi connectivity index (χ3n) is 3.04. The molecule has 0 amide bonds. The van der Waals surface area contributed by atoms with E-state index in [-0.39, 0.29) is 5.54 Å². The fourth-order valence-electron chi connectivity index (χ4n) is 2.18. The van der Waals surface area contributed by atoms with Crippen LogP contribution in [0.3, 0.4) is 0 Å². The van der Waals surface area contributed by atoms with Crippen molar-refractivity contribution in [2.75, 3.05) is 0 Å². The van der Waals surface area contributed by atoms with Crippen LogP contribution in [0.15, 0.2) is 12.4 Å². The summed E-state index contributed by atoms with van der Waals surface area (Å²) in [6.07, 6.45) is 9.25. The van der Waals surface area contributed by atoms with E-state index in [0.717, 1.165) is 31.2 Å². The summed E-state index contributed by atoms with van der Waals surface area (Å²) >= 11 is 0. The highest BCUT2D eigenvalue weighted by Crippen LogP contribution is 2.33. The summed E-state index contributed by atoms with van der Waals surface area (Å²) in [6, 6.07) is 2.45. The van der Waals surface area contributed by atoms with E-state index in [1.165, 1.54) is 6.42 Å². The molecule has 3 heteroatoms. The topological polar surface area (TPSA) is 41.6 Å². The first kappa shape index (κ1) is 16.7. The summed E-state index contributed by atoms with van der Waals surface area (Å²) in [4.78, 5) is 0. The van der Waals surface area contributed by atoms with Gasteiger partial charge in [-0.1, -0.05) is 34.1 Å². The molecule has 0 atom stereocenters. The van der Waals surface area contributed by atoms with Crippen molar-refractivity contribution in [1.82, 2.24) is 9.78 Å². The van der Waals surface area contributed by atoms with E-state index in [1.807, 2.05) is 51.7 Å². The van der Waals surface area contributed by atoms with Gasteiger partial charge in [0.2, 0.25) is 0 Å². The Morgan fingerprint density at radius 2 is 1.72 bits per heavy atom. The van der Waals surface area contributed by atoms with Gasteiger partial charge in [-0.2, -0.15) is 10.4 Å². The Morgan fingerprint density at radius 1 is 1.17 bits per heavy atom. The molecular weight excluding hydrogens is 222 g/mol. The molecule has 1 heterocycles. The van der Waals surface area contributed by atoms with Crippen LogP contribution in [-0.2, 0) is 5.54 Å². The van der Waals surface area contributed by atoms with Gasteiger partial charge in [0.05, 0.1) is 12.3 Å². The smallest absolute Gasteiger partial charge is 0.148 e. The number of nitriles is 1. The van der Waals surface area contributed by atoms with Crippen LogP contribution in [0.25, 0.3) is 0 Å². The Hall–Kier alpha value is -1.30. The van der Waals surface area contributed by atoms with Crippen LogP contribution in [0.1, 0.15) is 65.4 Å². The molecule has 102 valence electrons. The highest BCUT2D eigenvalue weighted by atomic mass is 15.3. The molecule has 0 bridgehead atoms. The number of hydrogen-bond acceptors (Lipinski definition) is 2. The number of aromatic nitrogens is 2. The van der Waals surface area contributed by atoms with E-state index in [4.69, 9.17) is 0 Å². The van der Waals surface area contributed by atoms with Crippen molar-refractivity contribution < 1.29 is 0 Å². The third kappa shape index (κ3) is 3.87. The third-order valence-corrected chi connectivity index (χ3v) is 3.04. The molecule has 0 unspecified atom stereocenters. The molecular formula is C15H27N3. The Bertz CT molecular complexity index is 354. The Labute approximate surface area is 112 Å². The standard InChI is InChI=1S/C11H15N3.2C2H6/c1-10-7-13-14(8-10)11(9-12)5-3-2-4-6-11;2*1-2/h7-8H,2-6H2,1H3;2*1-2H3. The molecule has 1 aromatic heterocycles. The number of nitrogens with zero attached hydrogens (tertiary/aromatic N) is 3. The second kappa shape index (κ2) is 8.74. The van der Waals surface area contributed by atoms with E-state index < -0.39 is 0 Å². The number of rotatable bonds is 1. The van der Waals surface area contributed by atoms with E-state index >= 15 is 0 Å². The minimum Gasteiger partial charge on any atom is -0.252 e. The van der Waals surface area contributed by atoms with Gasteiger partial charge in [-0.25, -0.2) is 0 Å². The normalized spacial score (nSPS) is 16.4. The molecule has 1 saturated carbocycles. The molecule has 0 N–H and O–H groups in total. The van der Waals surface area contributed by atoms with E-state index in [9.17, 15) is 5.26 Å². The second-order valence-corrected chi connectivity index (χ2v) is 4.17. The minimum absolute atomic E-state index is 0.355. The molecule has 1 fully saturated rings. The Kier molecular flexibility index (Phi) is 8.11. The van der Waals surface area contributed by atoms with Gasteiger partial charge in [0.1, 0.15) is 5.54 Å². The highest BCUT2D eigenvalue weighted by Gasteiger charge is 2.34. The first-order valence-electron chi connectivity index (χ1n) is 7.20. The van der Waals surface area contributed by atoms with Gasteiger partial charge in [0.25, 0.3) is 0 Å². The predicted molar refractivity (Wildman–Crippen MR) is 76.3 cm³/mol. The van der Waals surface area contributed by atoms with Gasteiger partial charge in [-0.3, -0.25) is 4.68 Å². The van der Waals surface area contributed by atoms with Gasteiger partial charge < -0.3 is 0 Å². The molecule has 0 aromatic carbocycles. The molecule has 3 nitrogen and oxygen atoms in total. The fraction of sp³-hybridized carbons (Fsp3) is 0.733. The summed E-state index contributed by atoms with van der Waals surface area (Å²) in [5.41, 5.74) is 0.775. The molecule has 0 spiro atoms. The predicted octanol–water partition coefficient (Wildman–Crippen LogP) is 4.43. The largest absolute Gasteiger partial charge is 0.252 e. The van der Waals surface area contributed by atoms with Gasteiger partial charge in [0.15, 0.2) is 0 Å². The summed E-state index contributed by atoms with van der Waals surface area (Å²) in [5.74, 6) is 0. The fourth-order valence-corrected chi connectivity index (χ4v) is 2.18. The lowest BCUT2D eigenvalue weighted by atomic mass is 9.83. The second-order valence-electron chi connectivity index (χ2n) is 4.17. The first-order valence-corrected chi connectivity index (χ1v) is 7.20. The lowest BCUT2D eigenvalue weighted by Gasteiger charge is -2.30. The summed E-state index contributed by atoms with van der Waals surface area (Å²) in [5, 5.41) is 13.6. The minimum atomic E-state index is -0.355. The van der Waals surface area contributed by atoms with Crippen molar-refractivity contribution in [3.05, 3.63) is 18.0 Å². The van der Waals surface area contributed by atoms with Crippen molar-refractivity contribution in [3.63, 3.8) is 0 Å². The zero-order chi connectivity index (χ0) is 14.0. The van der Waals surface area contributed by atoms with Gasteiger partial charge >= 0.3 is 0 Å². The molecule has 1 aliphatic carbocycles. The van der Waals surface area contributed by atoms with Crippen molar-refractivity contribution >= 4 is 0 Å². The SMILES string of the molecule is CC.CC.Cc1cnn(C2(C#N)CCCCC2)c1. The van der Waals surface area contributed by atoms with Crippen LogP contribution in [0, 0.1) is 18.3 Å². The molecule has 2 rings (SSSR count). The van der Waals surface area contributed by atoms with E-state index in [2.05, 4.69) is 11.2 Å². The molecule has 1 aliphatic rings. The monoisotopic (exact) mass is 249 g/mol. The van der Waals surface area contributed by atoms with Crippen LogP contribution >= 0.6 is 0 Å². The zero-order valence-corrected chi connectivity index (χ0v) is 12.5. The number of aryl methyl sites for hydroxylation is 1. The molecule has 18 heavy (non-hydrogen) atoms. The van der Waals surface area contributed by atoms with Crippen molar-refractivity contribution in [2.24, 2.45) is 0 Å². The van der Waals surface area contributed by atoms with Crippen LogP contribution in [0.5, 0.6) is 0 Å². The molecule has 0 aliphatic heterocycles. The lowest BCUT2D eigenvalue weighted by molar-refractivity contribution is 0.244.